The molecule has 0 bridgehead atoms. The Morgan fingerprint density at radius 3 is 1.64 bits per heavy atom. The molecule has 0 fully saturated rings. The van der Waals surface area contributed by atoms with Crippen molar-refractivity contribution in [2.45, 2.75) is 19.3 Å². The predicted octanol–water partition coefficient (Wildman–Crippen LogP) is -2.20. The van der Waals surface area contributed by atoms with Crippen LogP contribution in [0.25, 0.3) is 0 Å². The van der Waals surface area contributed by atoms with Gasteiger partial charge in [-0.25, -0.2) is 0 Å². The molecule has 0 aromatic rings. The average molecular weight is 192 g/mol. The minimum absolute atomic E-state index is 0.224. The minimum atomic E-state index is -0.224. The number of carbonyl (C=O) groups excluding carboxylic acids is 2. The first-order valence-electron chi connectivity index (χ1n) is 3.34. The molecule has 0 radical (unpaired) electrons. The van der Waals surface area contributed by atoms with E-state index in [9.17, 15) is 9.59 Å². The summed E-state index contributed by atoms with van der Waals surface area (Å²) in [7, 11) is 0.856. The van der Waals surface area contributed by atoms with Crippen molar-refractivity contribution in [3.05, 3.63) is 0 Å². The summed E-state index contributed by atoms with van der Waals surface area (Å²) in [4.78, 5) is 21.1. The molecule has 0 aliphatic rings. The number of rotatable bonds is 4. The quantitative estimate of drug-likeness (QED) is 0.475. The van der Waals surface area contributed by atoms with E-state index in [1.165, 1.54) is 0 Å². The lowest BCUT2D eigenvalue weighted by Crippen LogP contribution is -2.05. The van der Waals surface area contributed by atoms with E-state index >= 15 is 0 Å². The molecule has 0 saturated carbocycles. The molecule has 6 heteroatoms. The first-order valence-corrected chi connectivity index (χ1v) is 4.97. The molecule has 0 N–H and O–H groups in total. The first kappa shape index (κ1) is 10.4. The molecule has 0 rings (SSSR count). The molecule has 0 amide bonds. The van der Waals surface area contributed by atoms with Gasteiger partial charge in [0.15, 0.2) is 0 Å². The Morgan fingerprint density at radius 2 is 1.36 bits per heavy atom. The summed E-state index contributed by atoms with van der Waals surface area (Å²) in [5.74, 6) is -0.448. The SMILES string of the molecule is O=C(CCCC(=O)O[SiH3])O[SiH3]. The van der Waals surface area contributed by atoms with Crippen molar-refractivity contribution >= 4 is 32.9 Å². The zero-order valence-electron chi connectivity index (χ0n) is 6.75. The first-order chi connectivity index (χ1) is 5.20. The third-order valence-electron chi connectivity index (χ3n) is 1.22. The summed E-state index contributed by atoms with van der Waals surface area (Å²) in [6, 6.07) is 0. The standard InChI is InChI=1S/C5H12O4Si2/c6-4(8-10)2-1-3-5(7)9-11/h1-3H2,10-11H3. The van der Waals surface area contributed by atoms with Crippen LogP contribution < -0.4 is 0 Å². The van der Waals surface area contributed by atoms with Crippen LogP contribution in [-0.2, 0) is 18.4 Å². The van der Waals surface area contributed by atoms with E-state index in [0.717, 1.165) is 0 Å². The highest BCUT2D eigenvalue weighted by Gasteiger charge is 2.02. The average Bonchev–Trinajstić information content (AvgIpc) is 2.04. The molecular weight excluding hydrogens is 180 g/mol. The minimum Gasteiger partial charge on any atom is -0.529 e. The van der Waals surface area contributed by atoms with E-state index in [1.54, 1.807) is 0 Å². The van der Waals surface area contributed by atoms with Gasteiger partial charge in [0.1, 0.15) is 0 Å². The van der Waals surface area contributed by atoms with Gasteiger partial charge in [0, 0.05) is 12.8 Å². The smallest absolute Gasteiger partial charge is 0.291 e. The van der Waals surface area contributed by atoms with Crippen LogP contribution >= 0.6 is 0 Å². The van der Waals surface area contributed by atoms with Gasteiger partial charge in [-0.3, -0.25) is 9.59 Å². The van der Waals surface area contributed by atoms with E-state index in [1.807, 2.05) is 0 Å². The third-order valence-corrected chi connectivity index (χ3v) is 2.13. The van der Waals surface area contributed by atoms with Gasteiger partial charge in [-0.2, -0.15) is 0 Å². The Bertz CT molecular complexity index is 131. The maximum Gasteiger partial charge on any atom is 0.291 e. The molecule has 0 saturated heterocycles. The molecule has 4 nitrogen and oxygen atoms in total. The zero-order valence-corrected chi connectivity index (χ0v) is 10.8. The summed E-state index contributed by atoms with van der Waals surface area (Å²) >= 11 is 0. The van der Waals surface area contributed by atoms with Crippen LogP contribution in [-0.4, -0.2) is 32.9 Å². The Hall–Kier alpha value is -0.626. The maximum atomic E-state index is 10.6. The topological polar surface area (TPSA) is 52.6 Å². The van der Waals surface area contributed by atoms with Crippen molar-refractivity contribution in [1.82, 2.24) is 0 Å². The molecule has 0 atom stereocenters. The van der Waals surface area contributed by atoms with E-state index in [0.29, 0.717) is 40.2 Å². The van der Waals surface area contributed by atoms with Crippen LogP contribution in [0.3, 0.4) is 0 Å². The zero-order chi connectivity index (χ0) is 8.69. The fourth-order valence-corrected chi connectivity index (χ4v) is 0.989. The highest BCUT2D eigenvalue weighted by atomic mass is 28.2. The Balaban J connectivity index is 3.27. The van der Waals surface area contributed by atoms with Crippen molar-refractivity contribution in [3.8, 4) is 0 Å². The van der Waals surface area contributed by atoms with E-state index in [-0.39, 0.29) is 11.9 Å². The molecule has 0 aliphatic heterocycles. The van der Waals surface area contributed by atoms with Gasteiger partial charge in [-0.15, -0.1) is 0 Å². The molecule has 0 aromatic carbocycles. The summed E-state index contributed by atoms with van der Waals surface area (Å²) in [5, 5.41) is 0. The lowest BCUT2D eigenvalue weighted by Gasteiger charge is -1.99. The van der Waals surface area contributed by atoms with Crippen molar-refractivity contribution in [3.63, 3.8) is 0 Å². The second kappa shape index (κ2) is 6.11. The fraction of sp³-hybridized carbons (Fsp3) is 0.600. The van der Waals surface area contributed by atoms with Gasteiger partial charge in [0.05, 0.1) is 0 Å². The van der Waals surface area contributed by atoms with Crippen LogP contribution in [0.2, 0.25) is 0 Å². The van der Waals surface area contributed by atoms with Gasteiger partial charge >= 0.3 is 0 Å². The molecule has 64 valence electrons. The van der Waals surface area contributed by atoms with Crippen molar-refractivity contribution in [2.75, 3.05) is 0 Å². The molecule has 0 aliphatic carbocycles. The maximum absolute atomic E-state index is 10.6. The van der Waals surface area contributed by atoms with Gasteiger partial charge in [0.25, 0.3) is 11.9 Å². The second-order valence-corrected chi connectivity index (χ2v) is 2.82. The fourth-order valence-electron chi connectivity index (χ4n) is 0.581. The van der Waals surface area contributed by atoms with Gasteiger partial charge < -0.3 is 8.85 Å². The highest BCUT2D eigenvalue weighted by molar-refractivity contribution is 6.06. The second-order valence-electron chi connectivity index (χ2n) is 2.01. The lowest BCUT2D eigenvalue weighted by atomic mass is 10.2. The van der Waals surface area contributed by atoms with Crippen LogP contribution in [0.4, 0.5) is 0 Å². The van der Waals surface area contributed by atoms with Gasteiger partial charge in [0.2, 0.25) is 21.0 Å². The number of hydrogen-bond acceptors (Lipinski definition) is 4. The molecular formula is C5H12O4Si2. The van der Waals surface area contributed by atoms with E-state index in [4.69, 9.17) is 0 Å². The van der Waals surface area contributed by atoms with Crippen molar-refractivity contribution < 1.29 is 18.4 Å². The highest BCUT2D eigenvalue weighted by Crippen LogP contribution is 1.97. The normalized spacial score (nSPS) is 9.45. The third kappa shape index (κ3) is 5.80. The molecule has 0 heterocycles. The Morgan fingerprint density at radius 1 is 1.00 bits per heavy atom. The van der Waals surface area contributed by atoms with Crippen molar-refractivity contribution in [1.29, 1.82) is 0 Å². The summed E-state index contributed by atoms with van der Waals surface area (Å²) in [5.41, 5.74) is 0. The van der Waals surface area contributed by atoms with Gasteiger partial charge in [-0.1, -0.05) is 0 Å². The van der Waals surface area contributed by atoms with Crippen LogP contribution in [0.15, 0.2) is 0 Å². The summed E-state index contributed by atoms with van der Waals surface area (Å²) < 4.78 is 9.04. The lowest BCUT2D eigenvalue weighted by molar-refractivity contribution is -0.135. The summed E-state index contributed by atoms with van der Waals surface area (Å²) in [6.45, 7) is 0. The molecule has 11 heavy (non-hydrogen) atoms. The van der Waals surface area contributed by atoms with E-state index < -0.39 is 0 Å². The van der Waals surface area contributed by atoms with Crippen LogP contribution in [0, 0.1) is 0 Å². The van der Waals surface area contributed by atoms with Crippen molar-refractivity contribution in [2.24, 2.45) is 0 Å². The monoisotopic (exact) mass is 192 g/mol. The van der Waals surface area contributed by atoms with Gasteiger partial charge in [-0.05, 0) is 6.42 Å². The Kier molecular flexibility index (Phi) is 5.76. The number of hydrogen-bond donors (Lipinski definition) is 0. The van der Waals surface area contributed by atoms with Crippen LogP contribution in [0.5, 0.6) is 0 Å². The molecule has 0 unspecified atom stereocenters. The summed E-state index contributed by atoms with van der Waals surface area (Å²) in [6.07, 6.45) is 1.17. The van der Waals surface area contributed by atoms with Crippen LogP contribution in [0.1, 0.15) is 19.3 Å². The predicted molar refractivity (Wildman–Crippen MR) is 45.9 cm³/mol. The molecule has 0 spiro atoms. The molecule has 0 aromatic heterocycles. The largest absolute Gasteiger partial charge is 0.529 e. The van der Waals surface area contributed by atoms with E-state index in [2.05, 4.69) is 8.85 Å². The number of carbonyl (C=O) groups is 2. The Labute approximate surface area is 71.3 Å².